The largest absolute Gasteiger partial charge is 0.396 e. The second kappa shape index (κ2) is 4.14. The number of amides is 1. The van der Waals surface area contributed by atoms with Crippen LogP contribution in [-0.2, 0) is 4.79 Å². The maximum Gasteiger partial charge on any atom is 0.224 e. The number of carbonyl (C=O) groups excluding carboxylic acids is 1. The molecule has 1 N–H and O–H groups in total. The molecule has 1 fully saturated rings. The van der Waals surface area contributed by atoms with Crippen molar-refractivity contribution in [3.63, 3.8) is 0 Å². The summed E-state index contributed by atoms with van der Waals surface area (Å²) in [7, 11) is 0. The molecular formula is C8H15NO2S. The van der Waals surface area contributed by atoms with Gasteiger partial charge in [-0.15, -0.1) is 0 Å². The molecule has 1 rings (SSSR count). The van der Waals surface area contributed by atoms with Crippen LogP contribution in [0, 0.1) is 0 Å². The molecule has 0 radical (unpaired) electrons. The molecule has 70 valence electrons. The molecule has 4 heteroatoms. The van der Waals surface area contributed by atoms with Gasteiger partial charge >= 0.3 is 0 Å². The fraction of sp³-hybridized carbons (Fsp3) is 0.875. The zero-order chi connectivity index (χ0) is 9.14. The topological polar surface area (TPSA) is 40.5 Å². The number of likely N-dealkylation sites (tertiary alicyclic amines) is 1. The summed E-state index contributed by atoms with van der Waals surface area (Å²) < 4.78 is 0. The van der Waals surface area contributed by atoms with Crippen LogP contribution in [0.15, 0.2) is 0 Å². The first-order valence-corrected chi connectivity index (χ1v) is 4.75. The fourth-order valence-corrected chi connectivity index (χ4v) is 1.81. The zero-order valence-corrected chi connectivity index (χ0v) is 8.13. The Kier molecular flexibility index (Phi) is 3.40. The zero-order valence-electron chi connectivity index (χ0n) is 7.23. The molecule has 1 amide bonds. The van der Waals surface area contributed by atoms with Crippen LogP contribution in [0.2, 0.25) is 0 Å². The van der Waals surface area contributed by atoms with E-state index in [0.29, 0.717) is 12.8 Å². The summed E-state index contributed by atoms with van der Waals surface area (Å²) in [6.07, 6.45) is 1.20. The van der Waals surface area contributed by atoms with Crippen molar-refractivity contribution in [2.75, 3.05) is 13.2 Å². The van der Waals surface area contributed by atoms with Crippen molar-refractivity contribution >= 4 is 18.5 Å². The highest BCUT2D eigenvalue weighted by Gasteiger charge is 2.29. The van der Waals surface area contributed by atoms with E-state index in [1.54, 1.807) is 4.90 Å². The number of rotatable bonds is 3. The van der Waals surface area contributed by atoms with E-state index < -0.39 is 0 Å². The van der Waals surface area contributed by atoms with E-state index in [-0.39, 0.29) is 23.8 Å². The maximum atomic E-state index is 11.3. The summed E-state index contributed by atoms with van der Waals surface area (Å²) in [5.74, 6) is 0.163. The van der Waals surface area contributed by atoms with Crippen LogP contribution < -0.4 is 0 Å². The van der Waals surface area contributed by atoms with E-state index in [4.69, 9.17) is 5.11 Å². The average Bonchev–Trinajstić information content (AvgIpc) is 2.30. The number of thiol groups is 1. The minimum atomic E-state index is 0.141. The van der Waals surface area contributed by atoms with Gasteiger partial charge in [-0.2, -0.15) is 12.6 Å². The lowest BCUT2D eigenvalue weighted by atomic mass is 10.2. The lowest BCUT2D eigenvalue weighted by Gasteiger charge is -2.23. The first-order chi connectivity index (χ1) is 5.65. The van der Waals surface area contributed by atoms with Crippen LogP contribution in [0.1, 0.15) is 19.8 Å². The fourth-order valence-electron chi connectivity index (χ4n) is 1.48. The molecule has 1 heterocycles. The second-order valence-corrected chi connectivity index (χ2v) is 4.00. The molecule has 1 aliphatic rings. The quantitative estimate of drug-likeness (QED) is 0.626. The van der Waals surface area contributed by atoms with Crippen molar-refractivity contribution in [2.45, 2.75) is 31.1 Å². The predicted molar refractivity (Wildman–Crippen MR) is 50.3 cm³/mol. The molecule has 0 aromatic carbocycles. The van der Waals surface area contributed by atoms with Gasteiger partial charge in [0.2, 0.25) is 5.91 Å². The Morgan fingerprint density at radius 2 is 2.50 bits per heavy atom. The Hall–Kier alpha value is -0.220. The van der Waals surface area contributed by atoms with Crippen LogP contribution in [0.3, 0.4) is 0 Å². The molecule has 0 spiro atoms. The number of aliphatic hydroxyl groups excluding tert-OH is 1. The van der Waals surface area contributed by atoms with E-state index in [1.807, 2.05) is 6.92 Å². The van der Waals surface area contributed by atoms with Crippen LogP contribution in [0.5, 0.6) is 0 Å². The molecule has 1 aliphatic heterocycles. The highest BCUT2D eigenvalue weighted by atomic mass is 32.1. The molecule has 2 atom stereocenters. The molecule has 3 nitrogen and oxygen atoms in total. The third kappa shape index (κ3) is 2.14. The van der Waals surface area contributed by atoms with Gasteiger partial charge in [0.25, 0.3) is 0 Å². The molecule has 12 heavy (non-hydrogen) atoms. The van der Waals surface area contributed by atoms with E-state index in [9.17, 15) is 4.79 Å². The van der Waals surface area contributed by atoms with E-state index in [0.717, 1.165) is 6.54 Å². The van der Waals surface area contributed by atoms with Gasteiger partial charge in [-0.1, -0.05) is 0 Å². The second-order valence-electron chi connectivity index (χ2n) is 3.27. The third-order valence-electron chi connectivity index (χ3n) is 2.22. The minimum absolute atomic E-state index is 0.141. The normalized spacial score (nSPS) is 26.4. The Balaban J connectivity index is 2.46. The van der Waals surface area contributed by atoms with Crippen molar-refractivity contribution < 1.29 is 9.90 Å². The number of hydrogen-bond acceptors (Lipinski definition) is 3. The first-order valence-electron chi connectivity index (χ1n) is 4.23. The molecule has 0 aromatic heterocycles. The predicted octanol–water partition coefficient (Wildman–Crippen LogP) is 0.288. The van der Waals surface area contributed by atoms with Crippen LogP contribution in [0.4, 0.5) is 0 Å². The SMILES string of the molecule is CC(CCO)N1CC(S)CC1=O. The highest BCUT2D eigenvalue weighted by Crippen LogP contribution is 2.19. The Labute approximate surface area is 78.2 Å². The number of aliphatic hydroxyl groups is 1. The first kappa shape index (κ1) is 9.86. The lowest BCUT2D eigenvalue weighted by Crippen LogP contribution is -2.35. The molecule has 0 aliphatic carbocycles. The van der Waals surface area contributed by atoms with E-state index >= 15 is 0 Å². The molecule has 2 unspecified atom stereocenters. The maximum absolute atomic E-state index is 11.3. The van der Waals surface area contributed by atoms with Gasteiger partial charge in [0, 0.05) is 30.9 Å². The number of nitrogens with zero attached hydrogens (tertiary/aromatic N) is 1. The van der Waals surface area contributed by atoms with Crippen molar-refractivity contribution in [2.24, 2.45) is 0 Å². The Bertz CT molecular complexity index is 174. The van der Waals surface area contributed by atoms with E-state index in [1.165, 1.54) is 0 Å². The van der Waals surface area contributed by atoms with Gasteiger partial charge < -0.3 is 10.0 Å². The van der Waals surface area contributed by atoms with Crippen molar-refractivity contribution in [1.29, 1.82) is 0 Å². The summed E-state index contributed by atoms with van der Waals surface area (Å²) in [5.41, 5.74) is 0. The summed E-state index contributed by atoms with van der Waals surface area (Å²) >= 11 is 4.25. The molecule has 1 saturated heterocycles. The van der Waals surface area contributed by atoms with Gasteiger partial charge in [0.1, 0.15) is 0 Å². The minimum Gasteiger partial charge on any atom is -0.396 e. The van der Waals surface area contributed by atoms with Crippen LogP contribution in [-0.4, -0.2) is 40.4 Å². The third-order valence-corrected chi connectivity index (χ3v) is 2.56. The monoisotopic (exact) mass is 189 g/mol. The highest BCUT2D eigenvalue weighted by molar-refractivity contribution is 7.81. The molecule has 0 saturated carbocycles. The Morgan fingerprint density at radius 1 is 1.83 bits per heavy atom. The summed E-state index contributed by atoms with van der Waals surface area (Å²) in [6.45, 7) is 2.82. The van der Waals surface area contributed by atoms with Gasteiger partial charge in [-0.05, 0) is 13.3 Å². The summed E-state index contributed by atoms with van der Waals surface area (Å²) in [6, 6.07) is 0.152. The molecule has 0 bridgehead atoms. The average molecular weight is 189 g/mol. The van der Waals surface area contributed by atoms with E-state index in [2.05, 4.69) is 12.6 Å². The van der Waals surface area contributed by atoms with Crippen molar-refractivity contribution in [3.05, 3.63) is 0 Å². The number of hydrogen-bond donors (Lipinski definition) is 2. The van der Waals surface area contributed by atoms with Crippen molar-refractivity contribution in [3.8, 4) is 0 Å². The molecule has 0 aromatic rings. The standard InChI is InChI=1S/C8H15NO2S/c1-6(2-3-10)9-5-7(12)4-8(9)11/h6-7,10,12H,2-5H2,1H3. The number of carbonyl (C=O) groups is 1. The summed E-state index contributed by atoms with van der Waals surface area (Å²) in [4.78, 5) is 13.1. The van der Waals surface area contributed by atoms with Gasteiger partial charge in [-0.25, -0.2) is 0 Å². The van der Waals surface area contributed by atoms with Gasteiger partial charge in [-0.3, -0.25) is 4.79 Å². The van der Waals surface area contributed by atoms with Crippen LogP contribution >= 0.6 is 12.6 Å². The summed E-state index contributed by atoms with van der Waals surface area (Å²) in [5, 5.41) is 8.87. The van der Waals surface area contributed by atoms with Crippen molar-refractivity contribution in [1.82, 2.24) is 4.90 Å². The van der Waals surface area contributed by atoms with Crippen LogP contribution in [0.25, 0.3) is 0 Å². The smallest absolute Gasteiger partial charge is 0.224 e. The lowest BCUT2D eigenvalue weighted by molar-refractivity contribution is -0.129. The van der Waals surface area contributed by atoms with Gasteiger partial charge in [0.05, 0.1) is 0 Å². The Morgan fingerprint density at radius 3 is 2.92 bits per heavy atom. The van der Waals surface area contributed by atoms with Gasteiger partial charge in [0.15, 0.2) is 0 Å². The molecular weight excluding hydrogens is 174 g/mol.